The van der Waals surface area contributed by atoms with Crippen LogP contribution in [0.4, 0.5) is 0 Å². The Morgan fingerprint density at radius 1 is 1.09 bits per heavy atom. The van der Waals surface area contributed by atoms with Gasteiger partial charge in [-0.3, -0.25) is 0 Å². The Morgan fingerprint density at radius 3 is 2.48 bits per heavy atom. The van der Waals surface area contributed by atoms with E-state index in [-0.39, 0.29) is 5.57 Å². The predicted octanol–water partition coefficient (Wildman–Crippen LogP) is 3.57. The first-order valence-corrected chi connectivity index (χ1v) is 7.01. The third kappa shape index (κ3) is 2.72. The molecule has 1 heterocycles. The zero-order valence-corrected chi connectivity index (χ0v) is 12.4. The number of nitrogens with zero attached hydrogens (tertiary/aromatic N) is 1. The number of carbonyl (C=O) groups is 1. The molecule has 0 aromatic heterocycles. The maximum atomic E-state index is 11.9. The summed E-state index contributed by atoms with van der Waals surface area (Å²) in [7, 11) is 1.26. The maximum Gasteiger partial charge on any atom is 0.349 e. The Bertz CT molecular complexity index is 858. The third-order valence-electron chi connectivity index (χ3n) is 3.50. The zero-order chi connectivity index (χ0) is 16.2. The molecule has 1 aliphatic rings. The highest BCUT2D eigenvalue weighted by molar-refractivity contribution is 6.06. The van der Waals surface area contributed by atoms with Crippen LogP contribution in [0.3, 0.4) is 0 Å². The average molecular weight is 303 g/mol. The normalized spacial score (nSPS) is 14.7. The van der Waals surface area contributed by atoms with Crippen LogP contribution in [0.5, 0.6) is 5.75 Å². The van der Waals surface area contributed by atoms with Crippen molar-refractivity contribution in [1.82, 2.24) is 0 Å². The van der Waals surface area contributed by atoms with Crippen molar-refractivity contribution in [3.63, 3.8) is 0 Å². The highest BCUT2D eigenvalue weighted by atomic mass is 16.5. The van der Waals surface area contributed by atoms with Gasteiger partial charge in [-0.15, -0.1) is 0 Å². The third-order valence-corrected chi connectivity index (χ3v) is 3.50. The van der Waals surface area contributed by atoms with E-state index < -0.39 is 5.97 Å². The lowest BCUT2D eigenvalue weighted by atomic mass is 9.95. The molecule has 0 N–H and O–H groups in total. The lowest BCUT2D eigenvalue weighted by Gasteiger charge is -2.21. The summed E-state index contributed by atoms with van der Waals surface area (Å²) in [5, 5.41) is 9.38. The lowest BCUT2D eigenvalue weighted by Crippen LogP contribution is -2.10. The fourth-order valence-corrected chi connectivity index (χ4v) is 2.40. The van der Waals surface area contributed by atoms with Crippen molar-refractivity contribution in [3.8, 4) is 11.8 Å². The number of carbonyl (C=O) groups excluding carboxylic acids is 1. The summed E-state index contributed by atoms with van der Waals surface area (Å²) >= 11 is 0. The molecule has 2 aromatic carbocycles. The van der Waals surface area contributed by atoms with E-state index in [1.807, 2.05) is 54.6 Å². The van der Waals surface area contributed by atoms with Crippen molar-refractivity contribution in [2.24, 2.45) is 0 Å². The fraction of sp³-hybridized carbons (Fsp3) is 0.0526. The van der Waals surface area contributed by atoms with Gasteiger partial charge in [0.15, 0.2) is 0 Å². The zero-order valence-electron chi connectivity index (χ0n) is 12.4. The molecule has 3 rings (SSSR count). The summed E-state index contributed by atoms with van der Waals surface area (Å²) < 4.78 is 10.6. The lowest BCUT2D eigenvalue weighted by molar-refractivity contribution is -0.135. The van der Waals surface area contributed by atoms with Crippen molar-refractivity contribution < 1.29 is 14.3 Å². The predicted molar refractivity (Wildman–Crippen MR) is 86.0 cm³/mol. The van der Waals surface area contributed by atoms with Gasteiger partial charge in [0.2, 0.25) is 0 Å². The molecular formula is C19H13NO3. The van der Waals surface area contributed by atoms with Gasteiger partial charge in [0.1, 0.15) is 23.2 Å². The van der Waals surface area contributed by atoms with Gasteiger partial charge in [-0.25, -0.2) is 4.79 Å². The van der Waals surface area contributed by atoms with Crippen LogP contribution in [0.2, 0.25) is 0 Å². The molecule has 0 amide bonds. The summed E-state index contributed by atoms with van der Waals surface area (Å²) in [6, 6.07) is 18.7. The Morgan fingerprint density at radius 2 is 1.78 bits per heavy atom. The minimum Gasteiger partial charge on any atom is -0.465 e. The van der Waals surface area contributed by atoms with Crippen LogP contribution < -0.4 is 4.74 Å². The Hall–Kier alpha value is -3.32. The van der Waals surface area contributed by atoms with Crippen LogP contribution in [0, 0.1) is 11.3 Å². The largest absolute Gasteiger partial charge is 0.465 e. The molecule has 0 radical (unpaired) electrons. The van der Waals surface area contributed by atoms with Crippen molar-refractivity contribution in [2.75, 3.05) is 7.11 Å². The Balaban J connectivity index is 2.23. The van der Waals surface area contributed by atoms with E-state index in [9.17, 15) is 10.1 Å². The first kappa shape index (κ1) is 14.6. The van der Waals surface area contributed by atoms with E-state index in [0.29, 0.717) is 22.6 Å². The van der Waals surface area contributed by atoms with Gasteiger partial charge < -0.3 is 9.47 Å². The monoisotopic (exact) mass is 303 g/mol. The van der Waals surface area contributed by atoms with Crippen molar-refractivity contribution in [1.29, 1.82) is 5.26 Å². The van der Waals surface area contributed by atoms with Gasteiger partial charge >= 0.3 is 5.97 Å². The quantitative estimate of drug-likeness (QED) is 0.483. The number of fused-ring (bicyclic) bond motifs is 1. The standard InChI is InChI=1S/C19H13NO3/c1-22-19(21)16(12-20)15-11-18(13-7-3-2-4-8-13)23-17-10-6-5-9-14(15)17/h2-11H,1H3/b16-15-. The van der Waals surface area contributed by atoms with Crippen LogP contribution in [0.15, 0.2) is 66.2 Å². The number of rotatable bonds is 2. The summed E-state index contributed by atoms with van der Waals surface area (Å²) in [6.07, 6.45) is 1.70. The second-order valence-corrected chi connectivity index (χ2v) is 4.86. The van der Waals surface area contributed by atoms with Crippen LogP contribution in [0.1, 0.15) is 11.1 Å². The fourth-order valence-electron chi connectivity index (χ4n) is 2.40. The number of hydrogen-bond donors (Lipinski definition) is 0. The second kappa shape index (κ2) is 6.20. The van der Waals surface area contributed by atoms with E-state index in [4.69, 9.17) is 9.47 Å². The first-order chi connectivity index (χ1) is 11.2. The molecule has 2 aromatic rings. The number of nitriles is 1. The molecule has 1 aliphatic heterocycles. The van der Waals surface area contributed by atoms with Crippen LogP contribution in [-0.2, 0) is 9.53 Å². The molecule has 0 fully saturated rings. The van der Waals surface area contributed by atoms with Crippen LogP contribution in [-0.4, -0.2) is 13.1 Å². The van der Waals surface area contributed by atoms with Gasteiger partial charge in [0.25, 0.3) is 0 Å². The number of esters is 1. The summed E-state index contributed by atoms with van der Waals surface area (Å²) in [6.45, 7) is 0. The van der Waals surface area contributed by atoms with E-state index in [0.717, 1.165) is 5.56 Å². The second-order valence-electron chi connectivity index (χ2n) is 4.86. The molecule has 4 heteroatoms. The Labute approximate surface area is 133 Å². The topological polar surface area (TPSA) is 59.3 Å². The molecule has 0 saturated carbocycles. The highest BCUT2D eigenvalue weighted by Gasteiger charge is 2.24. The number of benzene rings is 2. The van der Waals surface area contributed by atoms with Crippen molar-refractivity contribution in [3.05, 3.63) is 77.4 Å². The van der Waals surface area contributed by atoms with Crippen LogP contribution >= 0.6 is 0 Å². The number of para-hydroxylation sites is 1. The molecule has 23 heavy (non-hydrogen) atoms. The molecule has 4 nitrogen and oxygen atoms in total. The van der Waals surface area contributed by atoms with Gasteiger partial charge in [-0.05, 0) is 12.1 Å². The van der Waals surface area contributed by atoms with E-state index in [1.54, 1.807) is 12.1 Å². The molecule has 0 aliphatic carbocycles. The van der Waals surface area contributed by atoms with E-state index in [1.165, 1.54) is 7.11 Å². The smallest absolute Gasteiger partial charge is 0.349 e. The van der Waals surface area contributed by atoms with E-state index in [2.05, 4.69) is 0 Å². The summed E-state index contributed by atoms with van der Waals surface area (Å²) in [4.78, 5) is 11.9. The molecule has 0 saturated heterocycles. The van der Waals surface area contributed by atoms with Crippen molar-refractivity contribution in [2.45, 2.75) is 0 Å². The van der Waals surface area contributed by atoms with Gasteiger partial charge in [0, 0.05) is 16.7 Å². The number of ether oxygens (including phenoxy) is 2. The van der Waals surface area contributed by atoms with E-state index >= 15 is 0 Å². The van der Waals surface area contributed by atoms with Gasteiger partial charge in [-0.2, -0.15) is 5.26 Å². The number of methoxy groups -OCH3 is 1. The molecule has 112 valence electrons. The van der Waals surface area contributed by atoms with Gasteiger partial charge in [0.05, 0.1) is 7.11 Å². The van der Waals surface area contributed by atoms with Crippen LogP contribution in [0.25, 0.3) is 11.3 Å². The van der Waals surface area contributed by atoms with Gasteiger partial charge in [-0.1, -0.05) is 48.5 Å². The molecule has 0 unspecified atom stereocenters. The minimum atomic E-state index is -0.664. The molecule has 0 atom stereocenters. The number of allylic oxidation sites excluding steroid dienone is 2. The first-order valence-electron chi connectivity index (χ1n) is 7.01. The highest BCUT2D eigenvalue weighted by Crippen LogP contribution is 2.38. The minimum absolute atomic E-state index is 0.0447. The summed E-state index contributed by atoms with van der Waals surface area (Å²) in [5.74, 6) is 0.513. The number of hydrogen-bond acceptors (Lipinski definition) is 4. The Kier molecular flexibility index (Phi) is 3.94. The maximum absolute atomic E-state index is 11.9. The molecular weight excluding hydrogens is 290 g/mol. The summed E-state index contributed by atoms with van der Waals surface area (Å²) in [5.41, 5.74) is 2.01. The molecule has 0 bridgehead atoms. The molecule has 0 spiro atoms. The average Bonchev–Trinajstić information content (AvgIpc) is 2.62. The SMILES string of the molecule is COC(=O)/C(C#N)=C1/C=C(c2ccccc2)Oc2ccccc21. The van der Waals surface area contributed by atoms with Crippen molar-refractivity contribution >= 4 is 17.3 Å².